The van der Waals surface area contributed by atoms with Gasteiger partial charge in [0.15, 0.2) is 5.16 Å². The second kappa shape index (κ2) is 12.8. The molecule has 1 saturated heterocycles. The molecule has 2 aliphatic rings. The topological polar surface area (TPSA) is 75.6 Å². The molecule has 0 spiro atoms. The molecule has 1 unspecified atom stereocenters. The summed E-state index contributed by atoms with van der Waals surface area (Å²) in [5.41, 5.74) is 1.70. The third-order valence-corrected chi connectivity index (χ3v) is 8.15. The van der Waals surface area contributed by atoms with Crippen molar-refractivity contribution in [2.75, 3.05) is 31.6 Å². The zero-order chi connectivity index (χ0) is 25.5. The molecule has 1 aliphatic heterocycles. The van der Waals surface area contributed by atoms with Crippen LogP contribution in [0.25, 0.3) is 0 Å². The minimum atomic E-state index is -0.238. The zero-order valence-electron chi connectivity index (χ0n) is 21.1. The average molecular weight is 531 g/mol. The van der Waals surface area contributed by atoms with E-state index in [4.69, 9.17) is 21.3 Å². The summed E-state index contributed by atoms with van der Waals surface area (Å²) in [5.74, 6) is 1.05. The lowest BCUT2D eigenvalue weighted by atomic mass is 9.94. The van der Waals surface area contributed by atoms with Crippen LogP contribution in [0.4, 0.5) is 5.82 Å². The minimum Gasteiger partial charge on any atom is -0.466 e. The van der Waals surface area contributed by atoms with E-state index < -0.39 is 0 Å². The number of rotatable bonds is 8. The molecule has 9 heteroatoms. The highest BCUT2D eigenvalue weighted by molar-refractivity contribution is 7.98. The summed E-state index contributed by atoms with van der Waals surface area (Å²) in [5, 5.41) is 1.10. The number of aromatic nitrogens is 2. The molecule has 1 saturated carbocycles. The van der Waals surface area contributed by atoms with Gasteiger partial charge in [-0.2, -0.15) is 0 Å². The number of amides is 1. The van der Waals surface area contributed by atoms with Crippen molar-refractivity contribution in [3.05, 3.63) is 46.6 Å². The van der Waals surface area contributed by atoms with Gasteiger partial charge in [0, 0.05) is 43.6 Å². The summed E-state index contributed by atoms with van der Waals surface area (Å²) in [4.78, 5) is 38.3. The van der Waals surface area contributed by atoms with Crippen LogP contribution in [0.2, 0.25) is 5.15 Å². The van der Waals surface area contributed by atoms with Crippen LogP contribution < -0.4 is 4.90 Å². The smallest absolute Gasteiger partial charge is 0.310 e. The maximum Gasteiger partial charge on any atom is 0.310 e. The number of piperidine rings is 1. The van der Waals surface area contributed by atoms with Crippen molar-refractivity contribution in [3.63, 3.8) is 0 Å². The van der Waals surface area contributed by atoms with Gasteiger partial charge in [0.1, 0.15) is 11.0 Å². The van der Waals surface area contributed by atoms with Gasteiger partial charge in [-0.1, -0.05) is 54.8 Å². The fourth-order valence-electron chi connectivity index (χ4n) is 4.97. The molecule has 2 aromatic rings. The number of carbonyl (C=O) groups excluding carboxylic acids is 2. The van der Waals surface area contributed by atoms with Gasteiger partial charge in [-0.15, -0.1) is 0 Å². The second-order valence-corrected chi connectivity index (χ2v) is 10.9. The van der Waals surface area contributed by atoms with Crippen LogP contribution in [0.1, 0.15) is 67.8 Å². The summed E-state index contributed by atoms with van der Waals surface area (Å²) in [6.45, 7) is 3.24. The van der Waals surface area contributed by atoms with E-state index in [1.54, 1.807) is 11.8 Å². The Kier molecular flexibility index (Phi) is 9.48. The van der Waals surface area contributed by atoms with E-state index in [0.29, 0.717) is 47.4 Å². The molecule has 194 valence electrons. The molecule has 0 N–H and O–H groups in total. The highest BCUT2D eigenvalue weighted by Gasteiger charge is 2.29. The van der Waals surface area contributed by atoms with Crippen LogP contribution in [0, 0.1) is 5.92 Å². The molecule has 1 aromatic heterocycles. The Morgan fingerprint density at radius 3 is 2.58 bits per heavy atom. The summed E-state index contributed by atoms with van der Waals surface area (Å²) < 4.78 is 5.15. The van der Waals surface area contributed by atoms with Crippen LogP contribution in [0.5, 0.6) is 0 Å². The van der Waals surface area contributed by atoms with Gasteiger partial charge in [-0.3, -0.25) is 9.59 Å². The van der Waals surface area contributed by atoms with E-state index in [1.165, 1.54) is 43.9 Å². The van der Waals surface area contributed by atoms with Gasteiger partial charge in [-0.25, -0.2) is 9.97 Å². The maximum atomic E-state index is 13.0. The Labute approximate surface area is 223 Å². The number of likely N-dealkylation sites (tertiary alicyclic amines) is 1. The average Bonchev–Trinajstić information content (AvgIpc) is 2.92. The van der Waals surface area contributed by atoms with Crippen LogP contribution >= 0.6 is 23.4 Å². The second-order valence-electron chi connectivity index (χ2n) is 9.56. The summed E-state index contributed by atoms with van der Waals surface area (Å²) in [6, 6.07) is 9.98. The van der Waals surface area contributed by atoms with E-state index in [0.717, 1.165) is 24.2 Å². The third-order valence-electron chi connectivity index (χ3n) is 7.04. The molecule has 1 atom stereocenters. The van der Waals surface area contributed by atoms with Crippen LogP contribution in [-0.4, -0.2) is 59.5 Å². The summed E-state index contributed by atoms with van der Waals surface area (Å²) >= 11 is 7.87. The van der Waals surface area contributed by atoms with E-state index >= 15 is 0 Å². The monoisotopic (exact) mass is 530 g/mol. The van der Waals surface area contributed by atoms with Gasteiger partial charge in [-0.05, 0) is 50.3 Å². The number of ether oxygens (including phenoxy) is 1. The standard InChI is InChI=1S/C27H35ClN4O3S/c1-3-35-26(34)21-8-7-15-32(17-21)25(33)20-13-11-19(12-14-20)18-36-27-29-23(28)16-24(30-27)31(2)22-9-5-4-6-10-22/h11-14,16,21-22H,3-10,15,17-18H2,1-2H3. The third kappa shape index (κ3) is 6.91. The van der Waals surface area contributed by atoms with E-state index in [-0.39, 0.29) is 17.8 Å². The molecule has 36 heavy (non-hydrogen) atoms. The maximum absolute atomic E-state index is 13.0. The molecular weight excluding hydrogens is 496 g/mol. The molecular formula is C27H35ClN4O3S. The van der Waals surface area contributed by atoms with E-state index in [2.05, 4.69) is 16.9 Å². The Balaban J connectivity index is 1.34. The van der Waals surface area contributed by atoms with Crippen molar-refractivity contribution in [2.45, 2.75) is 68.8 Å². The van der Waals surface area contributed by atoms with Gasteiger partial charge >= 0.3 is 5.97 Å². The number of thioether (sulfide) groups is 1. The normalized spacial score (nSPS) is 18.6. The lowest BCUT2D eigenvalue weighted by molar-refractivity contribution is -0.149. The molecule has 2 fully saturated rings. The first kappa shape index (κ1) is 26.7. The van der Waals surface area contributed by atoms with Crippen molar-refractivity contribution in [2.24, 2.45) is 5.92 Å². The molecule has 0 radical (unpaired) electrons. The molecule has 4 rings (SSSR count). The van der Waals surface area contributed by atoms with Crippen molar-refractivity contribution in [3.8, 4) is 0 Å². The Bertz CT molecular complexity index is 1050. The molecule has 1 aromatic carbocycles. The molecule has 7 nitrogen and oxygen atoms in total. The molecule has 1 aliphatic carbocycles. The highest BCUT2D eigenvalue weighted by Crippen LogP contribution is 2.29. The van der Waals surface area contributed by atoms with Gasteiger partial charge < -0.3 is 14.5 Å². The summed E-state index contributed by atoms with van der Waals surface area (Å²) in [6.07, 6.45) is 7.78. The molecule has 0 bridgehead atoms. The molecule has 1 amide bonds. The zero-order valence-corrected chi connectivity index (χ0v) is 22.7. The number of esters is 1. The van der Waals surface area contributed by atoms with Crippen molar-refractivity contribution >= 4 is 41.1 Å². The van der Waals surface area contributed by atoms with Gasteiger partial charge in [0.2, 0.25) is 0 Å². The van der Waals surface area contributed by atoms with Crippen LogP contribution in [0.3, 0.4) is 0 Å². The largest absolute Gasteiger partial charge is 0.466 e. The lowest BCUT2D eigenvalue weighted by Gasteiger charge is -2.32. The first-order valence-electron chi connectivity index (χ1n) is 12.9. The van der Waals surface area contributed by atoms with Gasteiger partial charge in [0.25, 0.3) is 5.91 Å². The van der Waals surface area contributed by atoms with Crippen LogP contribution in [0.15, 0.2) is 35.5 Å². The number of hydrogen-bond donors (Lipinski definition) is 0. The molecule has 2 heterocycles. The number of anilines is 1. The van der Waals surface area contributed by atoms with Crippen molar-refractivity contribution < 1.29 is 14.3 Å². The Morgan fingerprint density at radius 2 is 1.86 bits per heavy atom. The van der Waals surface area contributed by atoms with E-state index in [9.17, 15) is 9.59 Å². The minimum absolute atomic E-state index is 0.0447. The Morgan fingerprint density at radius 1 is 1.11 bits per heavy atom. The highest BCUT2D eigenvalue weighted by atomic mass is 35.5. The number of benzene rings is 1. The predicted octanol–water partition coefficient (Wildman–Crippen LogP) is 5.61. The van der Waals surface area contributed by atoms with Crippen molar-refractivity contribution in [1.82, 2.24) is 14.9 Å². The first-order chi connectivity index (χ1) is 17.4. The number of nitrogens with zero attached hydrogens (tertiary/aromatic N) is 4. The van der Waals surface area contributed by atoms with Crippen molar-refractivity contribution in [1.29, 1.82) is 0 Å². The van der Waals surface area contributed by atoms with E-state index in [1.807, 2.05) is 30.3 Å². The predicted molar refractivity (Wildman–Crippen MR) is 144 cm³/mol. The Hall–Kier alpha value is -2.32. The number of hydrogen-bond acceptors (Lipinski definition) is 7. The van der Waals surface area contributed by atoms with Crippen LogP contribution in [-0.2, 0) is 15.3 Å². The SMILES string of the molecule is CCOC(=O)C1CCCN(C(=O)c2ccc(CSc3nc(Cl)cc(N(C)C4CCCCC4)n3)cc2)C1. The summed E-state index contributed by atoms with van der Waals surface area (Å²) in [7, 11) is 2.09. The number of halogens is 1. The fourth-order valence-corrected chi connectivity index (χ4v) is 6.01. The lowest BCUT2D eigenvalue weighted by Crippen LogP contribution is -2.42. The fraction of sp³-hybridized carbons (Fsp3) is 0.556. The van der Waals surface area contributed by atoms with Gasteiger partial charge in [0.05, 0.1) is 12.5 Å². The first-order valence-corrected chi connectivity index (χ1v) is 14.3. The number of carbonyl (C=O) groups is 2. The quantitative estimate of drug-likeness (QED) is 0.190.